The fraction of sp³-hybridized carbons (Fsp3) is 0.938. The highest BCUT2D eigenvalue weighted by Gasteiger charge is 2.21. The first-order chi connectivity index (χ1) is 10.5. The molecule has 2 N–H and O–H groups in total. The molecule has 0 radical (unpaired) electrons. The molecule has 1 atom stereocenters. The molecular weight excluding hydrogens is 280 g/mol. The molecule has 1 saturated carbocycles. The Kier molecular flexibility index (Phi) is 6.92. The lowest BCUT2D eigenvalue weighted by Gasteiger charge is -2.34. The molecule has 6 heteroatoms. The van der Waals surface area contributed by atoms with Gasteiger partial charge in [0.15, 0.2) is 0 Å². The van der Waals surface area contributed by atoms with Crippen LogP contribution in [0.15, 0.2) is 0 Å². The Balaban J connectivity index is 1.66. The minimum Gasteiger partial charge on any atom is -0.390 e. The van der Waals surface area contributed by atoms with E-state index in [-0.39, 0.29) is 6.03 Å². The number of piperazine rings is 1. The zero-order valence-electron chi connectivity index (χ0n) is 14.1. The predicted molar refractivity (Wildman–Crippen MR) is 88.0 cm³/mol. The summed E-state index contributed by atoms with van der Waals surface area (Å²) in [5.41, 5.74) is 0. The summed E-state index contributed by atoms with van der Waals surface area (Å²) in [6, 6.07) is 0.266. The van der Waals surface area contributed by atoms with Crippen LogP contribution in [0.4, 0.5) is 4.79 Å². The van der Waals surface area contributed by atoms with Crippen molar-refractivity contribution < 1.29 is 9.90 Å². The number of carbonyl (C=O) groups excluding carboxylic acids is 1. The lowest BCUT2D eigenvalue weighted by molar-refractivity contribution is 0.0654. The number of nitrogens with zero attached hydrogens (tertiary/aromatic N) is 3. The van der Waals surface area contributed by atoms with Crippen LogP contribution in [-0.4, -0.2) is 91.3 Å². The zero-order valence-corrected chi connectivity index (χ0v) is 14.1. The molecular formula is C16H32N4O2. The third-order valence-electron chi connectivity index (χ3n) is 4.83. The van der Waals surface area contributed by atoms with Gasteiger partial charge in [-0.3, -0.25) is 4.90 Å². The molecule has 22 heavy (non-hydrogen) atoms. The normalized spacial score (nSPS) is 23.2. The molecule has 1 aliphatic heterocycles. The molecule has 128 valence electrons. The summed E-state index contributed by atoms with van der Waals surface area (Å²) in [6.45, 7) is 5.12. The molecule has 1 heterocycles. The van der Waals surface area contributed by atoms with E-state index in [0.29, 0.717) is 19.1 Å². The zero-order chi connectivity index (χ0) is 15.9. The van der Waals surface area contributed by atoms with Crippen molar-refractivity contribution >= 4 is 6.03 Å². The lowest BCUT2D eigenvalue weighted by atomic mass is 9.96. The summed E-state index contributed by atoms with van der Waals surface area (Å²) in [5, 5.41) is 13.3. The van der Waals surface area contributed by atoms with Gasteiger partial charge in [-0.25, -0.2) is 4.79 Å². The summed E-state index contributed by atoms with van der Waals surface area (Å²) in [5.74, 6) is 0. The quantitative estimate of drug-likeness (QED) is 0.779. The third-order valence-corrected chi connectivity index (χ3v) is 4.83. The number of hydrogen-bond acceptors (Lipinski definition) is 4. The standard InChI is InChI=1S/C16H32N4O2/c1-18-8-10-20(11-9-18)13-15(21)12-19(2)16(22)17-14-6-4-3-5-7-14/h14-15,21H,3-13H2,1-2H3,(H,17,22). The average Bonchev–Trinajstić information content (AvgIpc) is 2.50. The second kappa shape index (κ2) is 8.70. The second-order valence-corrected chi connectivity index (χ2v) is 6.92. The summed E-state index contributed by atoms with van der Waals surface area (Å²) < 4.78 is 0. The molecule has 2 amide bonds. The van der Waals surface area contributed by atoms with Crippen molar-refractivity contribution in [2.45, 2.75) is 44.2 Å². The third kappa shape index (κ3) is 5.74. The first-order valence-corrected chi connectivity index (χ1v) is 8.65. The van der Waals surface area contributed by atoms with Gasteiger partial charge >= 0.3 is 6.03 Å². The van der Waals surface area contributed by atoms with Gasteiger partial charge < -0.3 is 20.2 Å². The Labute approximate surface area is 134 Å². The number of nitrogens with one attached hydrogen (secondary N) is 1. The van der Waals surface area contributed by atoms with E-state index in [0.717, 1.165) is 39.0 Å². The van der Waals surface area contributed by atoms with Gasteiger partial charge in [0.25, 0.3) is 0 Å². The van der Waals surface area contributed by atoms with Gasteiger partial charge in [0.2, 0.25) is 0 Å². The van der Waals surface area contributed by atoms with Crippen LogP contribution in [0.5, 0.6) is 0 Å². The minimum atomic E-state index is -0.481. The Bertz CT molecular complexity index is 339. The van der Waals surface area contributed by atoms with Gasteiger partial charge in [-0.05, 0) is 19.9 Å². The van der Waals surface area contributed by atoms with Crippen LogP contribution in [-0.2, 0) is 0 Å². The highest BCUT2D eigenvalue weighted by atomic mass is 16.3. The van der Waals surface area contributed by atoms with Gasteiger partial charge in [0, 0.05) is 52.4 Å². The first kappa shape index (κ1) is 17.5. The van der Waals surface area contributed by atoms with Crippen LogP contribution < -0.4 is 5.32 Å². The Morgan fingerprint density at radius 2 is 1.86 bits per heavy atom. The van der Waals surface area contributed by atoms with Crippen LogP contribution in [0.25, 0.3) is 0 Å². The van der Waals surface area contributed by atoms with Crippen LogP contribution in [0.3, 0.4) is 0 Å². The number of hydrogen-bond donors (Lipinski definition) is 2. The number of aliphatic hydroxyl groups excluding tert-OH is 1. The van der Waals surface area contributed by atoms with Crippen molar-refractivity contribution in [2.75, 3.05) is 53.4 Å². The van der Waals surface area contributed by atoms with E-state index in [1.807, 2.05) is 0 Å². The summed E-state index contributed by atoms with van der Waals surface area (Å²) in [4.78, 5) is 18.4. The molecule has 0 aromatic rings. The van der Waals surface area contributed by atoms with Crippen LogP contribution in [0, 0.1) is 0 Å². The topological polar surface area (TPSA) is 59.1 Å². The fourth-order valence-corrected chi connectivity index (χ4v) is 3.32. The van der Waals surface area contributed by atoms with E-state index < -0.39 is 6.10 Å². The Morgan fingerprint density at radius 3 is 2.50 bits per heavy atom. The number of carbonyl (C=O) groups is 1. The van der Waals surface area contributed by atoms with Gasteiger partial charge in [-0.1, -0.05) is 19.3 Å². The van der Waals surface area contributed by atoms with Crippen LogP contribution >= 0.6 is 0 Å². The largest absolute Gasteiger partial charge is 0.390 e. The molecule has 0 aromatic carbocycles. The number of β-amino-alcohol motifs (C(OH)–C–C–N with tert-alkyl or cyclic N) is 1. The fourth-order valence-electron chi connectivity index (χ4n) is 3.32. The summed E-state index contributed by atoms with van der Waals surface area (Å²) >= 11 is 0. The van der Waals surface area contributed by atoms with Gasteiger partial charge in [-0.2, -0.15) is 0 Å². The number of urea groups is 1. The van der Waals surface area contributed by atoms with Crippen LogP contribution in [0.1, 0.15) is 32.1 Å². The van der Waals surface area contributed by atoms with Crippen molar-refractivity contribution in [3.8, 4) is 0 Å². The van der Waals surface area contributed by atoms with E-state index >= 15 is 0 Å². The molecule has 0 spiro atoms. The molecule has 2 rings (SSSR count). The van der Waals surface area contributed by atoms with E-state index in [4.69, 9.17) is 0 Å². The molecule has 2 fully saturated rings. The van der Waals surface area contributed by atoms with Crippen molar-refractivity contribution in [1.29, 1.82) is 0 Å². The number of rotatable bonds is 5. The Morgan fingerprint density at radius 1 is 1.23 bits per heavy atom. The number of likely N-dealkylation sites (N-methyl/N-ethyl adjacent to an activating group) is 2. The maximum Gasteiger partial charge on any atom is 0.317 e. The van der Waals surface area contributed by atoms with E-state index in [1.165, 1.54) is 19.3 Å². The number of aliphatic hydroxyl groups is 1. The maximum absolute atomic E-state index is 12.2. The molecule has 1 unspecified atom stereocenters. The van der Waals surface area contributed by atoms with Crippen molar-refractivity contribution in [1.82, 2.24) is 20.0 Å². The van der Waals surface area contributed by atoms with E-state index in [9.17, 15) is 9.90 Å². The van der Waals surface area contributed by atoms with Crippen molar-refractivity contribution in [3.05, 3.63) is 0 Å². The van der Waals surface area contributed by atoms with Gasteiger partial charge in [0.1, 0.15) is 0 Å². The molecule has 0 aromatic heterocycles. The van der Waals surface area contributed by atoms with Crippen molar-refractivity contribution in [3.63, 3.8) is 0 Å². The smallest absolute Gasteiger partial charge is 0.317 e. The highest BCUT2D eigenvalue weighted by Crippen LogP contribution is 2.17. The monoisotopic (exact) mass is 312 g/mol. The SMILES string of the molecule is CN1CCN(CC(O)CN(C)C(=O)NC2CCCCC2)CC1. The first-order valence-electron chi connectivity index (χ1n) is 8.65. The summed E-state index contributed by atoms with van der Waals surface area (Å²) in [6.07, 6.45) is 5.39. The van der Waals surface area contributed by atoms with Crippen molar-refractivity contribution in [2.24, 2.45) is 0 Å². The minimum absolute atomic E-state index is 0.0515. The molecule has 6 nitrogen and oxygen atoms in total. The maximum atomic E-state index is 12.2. The van der Waals surface area contributed by atoms with Crippen LogP contribution in [0.2, 0.25) is 0 Å². The highest BCUT2D eigenvalue weighted by molar-refractivity contribution is 5.74. The second-order valence-electron chi connectivity index (χ2n) is 6.92. The molecule has 0 bridgehead atoms. The molecule has 1 aliphatic carbocycles. The summed E-state index contributed by atoms with van der Waals surface area (Å²) in [7, 11) is 3.89. The number of amides is 2. The predicted octanol–water partition coefficient (Wildman–Crippen LogP) is 0.569. The molecule has 2 aliphatic rings. The van der Waals surface area contributed by atoms with E-state index in [1.54, 1.807) is 11.9 Å². The lowest BCUT2D eigenvalue weighted by Crippen LogP contribution is -2.50. The van der Waals surface area contributed by atoms with E-state index in [2.05, 4.69) is 22.2 Å². The van der Waals surface area contributed by atoms with Gasteiger partial charge in [0.05, 0.1) is 6.10 Å². The average molecular weight is 312 g/mol. The van der Waals surface area contributed by atoms with Gasteiger partial charge in [-0.15, -0.1) is 0 Å². The molecule has 1 saturated heterocycles. The Hall–Kier alpha value is -0.850.